The lowest BCUT2D eigenvalue weighted by Crippen LogP contribution is -2.51. The lowest BCUT2D eigenvalue weighted by molar-refractivity contribution is -0.159. The number of carbonyl (C=O) groups excluding carboxylic acids is 1. The van der Waals surface area contributed by atoms with Gasteiger partial charge in [-0.05, 0) is 24.9 Å². The normalized spacial score (nSPS) is 23.4. The second-order valence-electron chi connectivity index (χ2n) is 5.76. The summed E-state index contributed by atoms with van der Waals surface area (Å²) in [7, 11) is -1.65. The second-order valence-corrected chi connectivity index (χ2v) is 5.76. The average Bonchev–Trinajstić information content (AvgIpc) is 2.77. The zero-order valence-electron chi connectivity index (χ0n) is 12.6. The van der Waals surface area contributed by atoms with Crippen LogP contribution >= 0.6 is 0 Å². The van der Waals surface area contributed by atoms with E-state index in [1.165, 1.54) is 38.1 Å². The van der Waals surface area contributed by atoms with E-state index >= 15 is 0 Å². The van der Waals surface area contributed by atoms with Gasteiger partial charge in [-0.3, -0.25) is 4.79 Å². The lowest BCUT2D eigenvalue weighted by atomic mass is 9.80. The molecule has 0 aliphatic carbocycles. The van der Waals surface area contributed by atoms with E-state index < -0.39 is 44.0 Å². The van der Waals surface area contributed by atoms with Crippen LogP contribution in [0.3, 0.4) is 0 Å². The Balaban J connectivity index is 2.34. The predicted octanol–water partition coefficient (Wildman–Crippen LogP) is 0.606. The maximum Gasteiger partial charge on any atom is 0.488 e. The van der Waals surface area contributed by atoms with Crippen LogP contribution in [0, 0.1) is 0 Å². The van der Waals surface area contributed by atoms with E-state index in [9.17, 15) is 18.0 Å². The first-order chi connectivity index (χ1) is 10.7. The third-order valence-electron chi connectivity index (χ3n) is 3.82. The van der Waals surface area contributed by atoms with E-state index in [1.54, 1.807) is 0 Å². The molecule has 1 aromatic rings. The Labute approximate surface area is 131 Å². The van der Waals surface area contributed by atoms with Gasteiger partial charge >= 0.3 is 13.5 Å². The van der Waals surface area contributed by atoms with Crippen LogP contribution in [0.15, 0.2) is 24.3 Å². The van der Waals surface area contributed by atoms with Crippen LogP contribution in [0.2, 0.25) is 0 Å². The Hall–Kier alpha value is -1.58. The average molecular weight is 331 g/mol. The molecule has 126 valence electrons. The summed E-state index contributed by atoms with van der Waals surface area (Å²) in [5.41, 5.74) is -0.706. The van der Waals surface area contributed by atoms with Crippen molar-refractivity contribution in [3.8, 4) is 0 Å². The maximum atomic E-state index is 13.5. The molecule has 1 fully saturated rings. The first-order valence-corrected chi connectivity index (χ1v) is 7.00. The third kappa shape index (κ3) is 3.36. The van der Waals surface area contributed by atoms with Crippen LogP contribution < -0.4 is 5.46 Å². The quantitative estimate of drug-likeness (QED) is 0.793. The highest BCUT2D eigenvalue weighted by atomic mass is 19.3. The minimum absolute atomic E-state index is 0.225. The summed E-state index contributed by atoms with van der Waals surface area (Å²) in [5, 5.41) is 18.1. The van der Waals surface area contributed by atoms with Gasteiger partial charge in [0.25, 0.3) is 5.91 Å². The fourth-order valence-electron chi connectivity index (χ4n) is 2.81. The van der Waals surface area contributed by atoms with Crippen LogP contribution in [-0.4, -0.2) is 52.8 Å². The van der Waals surface area contributed by atoms with Gasteiger partial charge in [-0.25, -0.2) is 4.39 Å². The number of amides is 1. The van der Waals surface area contributed by atoms with E-state index in [-0.39, 0.29) is 5.46 Å². The molecule has 0 spiro atoms. The molecule has 2 atom stereocenters. The van der Waals surface area contributed by atoms with Gasteiger partial charge in [0, 0.05) is 0 Å². The van der Waals surface area contributed by atoms with Crippen molar-refractivity contribution in [2.75, 3.05) is 6.67 Å². The number of alkyl halides is 3. The molecular weight excluding hydrogens is 314 g/mol. The molecule has 1 heterocycles. The Bertz CT molecular complexity index is 568. The molecule has 0 unspecified atom stereocenters. The van der Waals surface area contributed by atoms with Gasteiger partial charge in [0.2, 0.25) is 0 Å². The Kier molecular flexibility index (Phi) is 5.03. The minimum atomic E-state index is -3.25. The monoisotopic (exact) mass is 331 g/mol. The Morgan fingerprint density at radius 2 is 1.91 bits per heavy atom. The van der Waals surface area contributed by atoms with Crippen LogP contribution in [0.4, 0.5) is 13.2 Å². The molecule has 1 saturated heterocycles. The molecule has 5 nitrogen and oxygen atoms in total. The van der Waals surface area contributed by atoms with Gasteiger partial charge in [-0.15, -0.1) is 0 Å². The number of hydrogen-bond donors (Lipinski definition) is 2. The molecule has 0 aromatic heterocycles. The van der Waals surface area contributed by atoms with Gasteiger partial charge in [-0.1, -0.05) is 24.3 Å². The highest BCUT2D eigenvalue weighted by Gasteiger charge is 2.52. The molecule has 1 amide bonds. The fraction of sp³-hybridized carbons (Fsp3) is 0.500. The molecule has 0 saturated carbocycles. The lowest BCUT2D eigenvalue weighted by Gasteiger charge is -2.32. The van der Waals surface area contributed by atoms with E-state index in [0.29, 0.717) is 5.56 Å². The fourth-order valence-corrected chi connectivity index (χ4v) is 2.81. The summed E-state index contributed by atoms with van der Waals surface area (Å²) in [6.45, 7) is 1.79. The number of halogens is 3. The van der Waals surface area contributed by atoms with Gasteiger partial charge in [0.1, 0.15) is 18.5 Å². The molecular formula is C14H17BF3NO4. The third-order valence-corrected chi connectivity index (χ3v) is 3.82. The molecule has 1 aliphatic rings. The van der Waals surface area contributed by atoms with Gasteiger partial charge < -0.3 is 19.7 Å². The molecule has 23 heavy (non-hydrogen) atoms. The first-order valence-electron chi connectivity index (χ1n) is 7.00. The highest BCUT2D eigenvalue weighted by Crippen LogP contribution is 2.41. The number of hydrogen-bond acceptors (Lipinski definition) is 4. The number of carbonyl (C=O) groups is 1. The molecule has 0 bridgehead atoms. The van der Waals surface area contributed by atoms with Gasteiger partial charge in [0.15, 0.2) is 0 Å². The van der Waals surface area contributed by atoms with Crippen LogP contribution in [0.5, 0.6) is 0 Å². The van der Waals surface area contributed by atoms with E-state index in [4.69, 9.17) is 14.8 Å². The topological polar surface area (TPSA) is 70.0 Å². The number of benzene rings is 1. The van der Waals surface area contributed by atoms with Crippen LogP contribution in [0.25, 0.3) is 0 Å². The van der Waals surface area contributed by atoms with Crippen LogP contribution in [0.1, 0.15) is 25.5 Å². The van der Waals surface area contributed by atoms with E-state index in [1.807, 2.05) is 0 Å². The van der Waals surface area contributed by atoms with Crippen molar-refractivity contribution in [1.82, 2.24) is 4.90 Å². The minimum Gasteiger partial charge on any atom is -0.423 e. The van der Waals surface area contributed by atoms with E-state index in [0.717, 1.165) is 4.90 Å². The van der Waals surface area contributed by atoms with Crippen molar-refractivity contribution >= 4 is 18.5 Å². The number of rotatable bonds is 4. The van der Waals surface area contributed by atoms with Crippen molar-refractivity contribution < 1.29 is 32.8 Å². The predicted molar refractivity (Wildman–Crippen MR) is 76.8 cm³/mol. The molecule has 1 aromatic carbocycles. The Morgan fingerprint density at radius 3 is 2.35 bits per heavy atom. The number of ether oxygens (including phenoxy) is 1. The molecule has 1 aliphatic heterocycles. The largest absolute Gasteiger partial charge is 0.488 e. The second kappa shape index (κ2) is 6.50. The zero-order valence-corrected chi connectivity index (χ0v) is 12.6. The Morgan fingerprint density at radius 1 is 1.35 bits per heavy atom. The SMILES string of the molecule is CC1(C)O[C@H](c2ccc(B(O)O)cc2)[C@@H](CF)N1C(=O)C(F)F. The molecule has 9 heteroatoms. The summed E-state index contributed by atoms with van der Waals surface area (Å²) >= 11 is 0. The summed E-state index contributed by atoms with van der Waals surface area (Å²) in [6.07, 6.45) is -4.18. The summed E-state index contributed by atoms with van der Waals surface area (Å²) in [5.74, 6) is -1.48. The van der Waals surface area contributed by atoms with Crippen molar-refractivity contribution in [3.63, 3.8) is 0 Å². The summed E-state index contributed by atoms with van der Waals surface area (Å²) < 4.78 is 44.6. The van der Waals surface area contributed by atoms with Gasteiger partial charge in [-0.2, -0.15) is 8.78 Å². The molecule has 0 radical (unpaired) electrons. The summed E-state index contributed by atoms with van der Waals surface area (Å²) in [4.78, 5) is 12.4. The van der Waals surface area contributed by atoms with Crippen LogP contribution in [-0.2, 0) is 9.53 Å². The molecule has 2 rings (SSSR count). The smallest absolute Gasteiger partial charge is 0.423 e. The number of nitrogens with zero attached hydrogens (tertiary/aromatic N) is 1. The maximum absolute atomic E-state index is 13.5. The van der Waals surface area contributed by atoms with Crippen molar-refractivity contribution in [2.45, 2.75) is 38.1 Å². The van der Waals surface area contributed by atoms with Crippen molar-refractivity contribution in [1.29, 1.82) is 0 Å². The van der Waals surface area contributed by atoms with Gasteiger partial charge in [0.05, 0.1) is 6.04 Å². The first kappa shape index (κ1) is 17.8. The highest BCUT2D eigenvalue weighted by molar-refractivity contribution is 6.58. The zero-order chi connectivity index (χ0) is 17.4. The standard InChI is InChI=1S/C14H17BF3NO4/c1-14(2)19(13(20)12(17)18)10(7-16)11(23-14)8-3-5-9(6-4-8)15(21)22/h3-6,10-12,21-22H,7H2,1-2H3/t10-,11-/m1/s1. The van der Waals surface area contributed by atoms with Crippen molar-refractivity contribution in [2.24, 2.45) is 0 Å². The summed E-state index contributed by atoms with van der Waals surface area (Å²) in [6, 6.07) is 4.59. The van der Waals surface area contributed by atoms with Crippen molar-refractivity contribution in [3.05, 3.63) is 29.8 Å². The molecule has 2 N–H and O–H groups in total. The van der Waals surface area contributed by atoms with E-state index in [2.05, 4.69) is 0 Å².